The predicted octanol–water partition coefficient (Wildman–Crippen LogP) is 2.11. The first-order valence-corrected chi connectivity index (χ1v) is 4.13. The van der Waals surface area contributed by atoms with Crippen LogP contribution in [0.2, 0.25) is 0 Å². The van der Waals surface area contributed by atoms with E-state index in [1.165, 1.54) is 0 Å². The Balaban J connectivity index is 3.20. The number of hydrogen-bond donors (Lipinski definition) is 1. The van der Waals surface area contributed by atoms with Crippen LogP contribution in [0.25, 0.3) is 0 Å². The first kappa shape index (κ1) is 14.5. The number of hydrogen-bond acceptors (Lipinski definition) is 2. The number of nitrogens with one attached hydrogen (secondary N) is 1. The highest BCUT2D eigenvalue weighted by Crippen LogP contribution is 2.18. The lowest BCUT2D eigenvalue weighted by Crippen LogP contribution is -2.31. The van der Waals surface area contributed by atoms with Gasteiger partial charge in [0.1, 0.15) is 0 Å². The molecule has 0 unspecified atom stereocenters. The Morgan fingerprint density at radius 1 is 0.867 bits per heavy atom. The summed E-state index contributed by atoms with van der Waals surface area (Å²) in [4.78, 5) is 0. The van der Waals surface area contributed by atoms with E-state index in [0.29, 0.717) is 0 Å². The molecule has 92 valence electrons. The molecular formula is C7H11F6NO. The molecule has 0 heterocycles. The SMILES string of the molecule is FC(F)(F)CCOCCNCC(F)(F)F. The minimum absolute atomic E-state index is 0.128. The minimum Gasteiger partial charge on any atom is -0.380 e. The largest absolute Gasteiger partial charge is 0.401 e. The van der Waals surface area contributed by atoms with Gasteiger partial charge in [0.05, 0.1) is 26.2 Å². The van der Waals surface area contributed by atoms with E-state index in [-0.39, 0.29) is 13.2 Å². The van der Waals surface area contributed by atoms with Crippen molar-refractivity contribution in [3.05, 3.63) is 0 Å². The summed E-state index contributed by atoms with van der Waals surface area (Å²) in [5.41, 5.74) is 0. The highest BCUT2D eigenvalue weighted by atomic mass is 19.4. The van der Waals surface area contributed by atoms with E-state index in [1.807, 2.05) is 5.32 Å². The molecule has 0 aromatic carbocycles. The number of halogens is 6. The first-order chi connectivity index (χ1) is 6.71. The zero-order chi connectivity index (χ0) is 11.9. The van der Waals surface area contributed by atoms with Crippen molar-refractivity contribution in [1.29, 1.82) is 0 Å². The van der Waals surface area contributed by atoms with E-state index in [2.05, 4.69) is 4.74 Å². The van der Waals surface area contributed by atoms with Gasteiger partial charge in [-0.15, -0.1) is 0 Å². The first-order valence-electron chi connectivity index (χ1n) is 4.13. The van der Waals surface area contributed by atoms with Crippen molar-refractivity contribution in [2.75, 3.05) is 26.3 Å². The van der Waals surface area contributed by atoms with Crippen LogP contribution in [0.3, 0.4) is 0 Å². The van der Waals surface area contributed by atoms with Crippen molar-refractivity contribution >= 4 is 0 Å². The molecule has 0 aliphatic heterocycles. The average Bonchev–Trinajstić information content (AvgIpc) is 1.98. The minimum atomic E-state index is -4.31. The van der Waals surface area contributed by atoms with Gasteiger partial charge in [0.2, 0.25) is 0 Å². The normalized spacial score (nSPS) is 13.2. The van der Waals surface area contributed by atoms with Gasteiger partial charge in [0.15, 0.2) is 0 Å². The standard InChI is InChI=1S/C7H11F6NO/c8-6(9,10)1-3-15-4-2-14-5-7(11,12)13/h14H,1-5H2. The molecule has 0 rings (SSSR count). The number of rotatable bonds is 6. The van der Waals surface area contributed by atoms with Crippen molar-refractivity contribution < 1.29 is 31.1 Å². The fourth-order valence-electron chi connectivity index (χ4n) is 0.664. The van der Waals surface area contributed by atoms with Gasteiger partial charge in [-0.25, -0.2) is 0 Å². The maximum absolute atomic E-state index is 11.5. The van der Waals surface area contributed by atoms with E-state index in [1.54, 1.807) is 0 Å². The topological polar surface area (TPSA) is 21.3 Å². The van der Waals surface area contributed by atoms with E-state index >= 15 is 0 Å². The van der Waals surface area contributed by atoms with Gasteiger partial charge >= 0.3 is 12.4 Å². The summed E-state index contributed by atoms with van der Waals surface area (Å²) in [6.07, 6.45) is -9.70. The van der Waals surface area contributed by atoms with Crippen LogP contribution in [0.15, 0.2) is 0 Å². The fraction of sp³-hybridized carbons (Fsp3) is 1.00. The molecule has 8 heteroatoms. The van der Waals surface area contributed by atoms with Crippen molar-refractivity contribution in [2.24, 2.45) is 0 Å². The second kappa shape index (κ2) is 6.16. The van der Waals surface area contributed by atoms with Crippen LogP contribution >= 0.6 is 0 Å². The molecule has 0 fully saturated rings. The van der Waals surface area contributed by atoms with Crippen molar-refractivity contribution in [2.45, 2.75) is 18.8 Å². The summed E-state index contributed by atoms with van der Waals surface area (Å²) in [5.74, 6) is 0. The third kappa shape index (κ3) is 13.5. The highest BCUT2D eigenvalue weighted by molar-refractivity contribution is 4.55. The Morgan fingerprint density at radius 3 is 1.93 bits per heavy atom. The number of ether oxygens (including phenoxy) is 1. The Labute approximate surface area is 82.6 Å². The lowest BCUT2D eigenvalue weighted by Gasteiger charge is -2.09. The molecule has 0 spiro atoms. The highest BCUT2D eigenvalue weighted by Gasteiger charge is 2.27. The van der Waals surface area contributed by atoms with Crippen LogP contribution in [0.4, 0.5) is 26.3 Å². The van der Waals surface area contributed by atoms with E-state index in [0.717, 1.165) is 0 Å². The van der Waals surface area contributed by atoms with Gasteiger partial charge in [-0.2, -0.15) is 26.3 Å². The van der Waals surface area contributed by atoms with Gasteiger partial charge in [0, 0.05) is 6.54 Å². The molecule has 0 aliphatic carbocycles. The average molecular weight is 239 g/mol. The zero-order valence-electron chi connectivity index (χ0n) is 7.71. The molecule has 0 aromatic heterocycles. The fourth-order valence-corrected chi connectivity index (χ4v) is 0.664. The quantitative estimate of drug-likeness (QED) is 0.566. The molecule has 0 aliphatic rings. The lowest BCUT2D eigenvalue weighted by molar-refractivity contribution is -0.145. The van der Waals surface area contributed by atoms with E-state index < -0.39 is 31.9 Å². The van der Waals surface area contributed by atoms with Crippen molar-refractivity contribution in [1.82, 2.24) is 5.32 Å². The van der Waals surface area contributed by atoms with Crippen LogP contribution < -0.4 is 5.32 Å². The van der Waals surface area contributed by atoms with Gasteiger partial charge in [-0.05, 0) is 0 Å². The van der Waals surface area contributed by atoms with Crippen LogP contribution in [0, 0.1) is 0 Å². The Bertz CT molecular complexity index is 148. The molecule has 0 aromatic rings. The monoisotopic (exact) mass is 239 g/mol. The summed E-state index contributed by atoms with van der Waals surface area (Å²) >= 11 is 0. The maximum Gasteiger partial charge on any atom is 0.401 e. The van der Waals surface area contributed by atoms with E-state index in [4.69, 9.17) is 0 Å². The maximum atomic E-state index is 11.5. The lowest BCUT2D eigenvalue weighted by atomic mass is 10.4. The van der Waals surface area contributed by atoms with Crippen molar-refractivity contribution in [3.8, 4) is 0 Å². The summed E-state index contributed by atoms with van der Waals surface area (Å²) in [7, 11) is 0. The molecule has 0 atom stereocenters. The van der Waals surface area contributed by atoms with Gasteiger partial charge in [-0.1, -0.05) is 0 Å². The molecule has 0 bridgehead atoms. The second-order valence-corrected chi connectivity index (χ2v) is 2.77. The molecule has 0 saturated carbocycles. The van der Waals surface area contributed by atoms with Crippen LogP contribution in [0.5, 0.6) is 0 Å². The Kier molecular flexibility index (Phi) is 5.96. The van der Waals surface area contributed by atoms with Crippen LogP contribution in [0.1, 0.15) is 6.42 Å². The summed E-state index contributed by atoms with van der Waals surface area (Å²) in [6.45, 7) is -2.00. The summed E-state index contributed by atoms with van der Waals surface area (Å²) in [5, 5.41) is 1.99. The summed E-state index contributed by atoms with van der Waals surface area (Å²) < 4.78 is 73.7. The van der Waals surface area contributed by atoms with E-state index in [9.17, 15) is 26.3 Å². The zero-order valence-corrected chi connectivity index (χ0v) is 7.71. The molecule has 0 amide bonds. The molecular weight excluding hydrogens is 228 g/mol. The van der Waals surface area contributed by atoms with Gasteiger partial charge in [0.25, 0.3) is 0 Å². The third-order valence-electron chi connectivity index (χ3n) is 1.28. The predicted molar refractivity (Wildman–Crippen MR) is 40.4 cm³/mol. The second-order valence-electron chi connectivity index (χ2n) is 2.77. The molecule has 0 saturated heterocycles. The summed E-state index contributed by atoms with van der Waals surface area (Å²) in [6, 6.07) is 0. The Morgan fingerprint density at radius 2 is 1.47 bits per heavy atom. The Hall–Kier alpha value is -0.500. The molecule has 1 N–H and O–H groups in total. The third-order valence-corrected chi connectivity index (χ3v) is 1.28. The number of alkyl halides is 6. The van der Waals surface area contributed by atoms with Crippen LogP contribution in [-0.2, 0) is 4.74 Å². The van der Waals surface area contributed by atoms with Crippen LogP contribution in [-0.4, -0.2) is 38.7 Å². The smallest absolute Gasteiger partial charge is 0.380 e. The van der Waals surface area contributed by atoms with Gasteiger partial charge < -0.3 is 10.1 Å². The van der Waals surface area contributed by atoms with Crippen molar-refractivity contribution in [3.63, 3.8) is 0 Å². The molecule has 15 heavy (non-hydrogen) atoms. The molecule has 2 nitrogen and oxygen atoms in total. The molecule has 0 radical (unpaired) electrons. The van der Waals surface area contributed by atoms with Gasteiger partial charge in [-0.3, -0.25) is 0 Å².